The van der Waals surface area contributed by atoms with Crippen molar-refractivity contribution in [2.75, 3.05) is 10.7 Å². The molecule has 0 aromatic carbocycles. The summed E-state index contributed by atoms with van der Waals surface area (Å²) in [5, 5.41) is 12.9. The third-order valence-corrected chi connectivity index (χ3v) is 3.43. The summed E-state index contributed by atoms with van der Waals surface area (Å²) >= 11 is 0. The zero-order chi connectivity index (χ0) is 13.1. The third kappa shape index (κ3) is 2.88. The van der Waals surface area contributed by atoms with Gasteiger partial charge in [0.1, 0.15) is 17.5 Å². The fraction of sp³-hybridized carbons (Fsp3) is 0.667. The van der Waals surface area contributed by atoms with Crippen molar-refractivity contribution >= 4 is 11.6 Å². The molecule has 1 aliphatic carbocycles. The number of aromatic nitrogens is 2. The Morgan fingerprint density at radius 3 is 2.33 bits per heavy atom. The Hall–Kier alpha value is -1.40. The van der Waals surface area contributed by atoms with Crippen LogP contribution in [-0.4, -0.2) is 27.2 Å². The number of anilines is 2. The molecule has 1 aromatic rings. The summed E-state index contributed by atoms with van der Waals surface area (Å²) in [4.78, 5) is 8.64. The molecule has 0 bridgehead atoms. The lowest BCUT2D eigenvalue weighted by molar-refractivity contribution is 0.126. The van der Waals surface area contributed by atoms with Crippen LogP contribution in [0.4, 0.5) is 11.6 Å². The number of hydrazine groups is 1. The minimum atomic E-state index is -0.141. The quantitative estimate of drug-likeness (QED) is 0.474. The molecule has 6 nitrogen and oxygen atoms in total. The van der Waals surface area contributed by atoms with Gasteiger partial charge in [0.15, 0.2) is 0 Å². The molecule has 0 amide bonds. The highest BCUT2D eigenvalue weighted by Gasteiger charge is 2.20. The SMILES string of the molecule is Cc1nc(NN)c(C)c(NC2CCC(O)CC2)n1. The maximum Gasteiger partial charge on any atom is 0.148 e. The van der Waals surface area contributed by atoms with Crippen molar-refractivity contribution in [3.05, 3.63) is 11.4 Å². The van der Waals surface area contributed by atoms with Gasteiger partial charge in [0, 0.05) is 11.6 Å². The van der Waals surface area contributed by atoms with Crippen molar-refractivity contribution in [2.24, 2.45) is 5.84 Å². The van der Waals surface area contributed by atoms with Crippen LogP contribution in [0.15, 0.2) is 0 Å². The predicted octanol–water partition coefficient (Wildman–Crippen LogP) is 1.09. The van der Waals surface area contributed by atoms with Gasteiger partial charge in [-0.2, -0.15) is 0 Å². The standard InChI is InChI=1S/C12H21N5O/c1-7-11(14-8(2)15-12(7)17-13)16-9-3-5-10(18)6-4-9/h9-10,18H,3-6,13H2,1-2H3,(H2,14,15,16,17). The van der Waals surface area contributed by atoms with Gasteiger partial charge in [-0.3, -0.25) is 0 Å². The highest BCUT2D eigenvalue weighted by atomic mass is 16.3. The Kier molecular flexibility index (Phi) is 3.98. The van der Waals surface area contributed by atoms with Gasteiger partial charge < -0.3 is 15.8 Å². The van der Waals surface area contributed by atoms with E-state index < -0.39 is 0 Å². The highest BCUT2D eigenvalue weighted by Crippen LogP contribution is 2.25. The molecule has 18 heavy (non-hydrogen) atoms. The van der Waals surface area contributed by atoms with Crippen LogP contribution >= 0.6 is 0 Å². The van der Waals surface area contributed by atoms with E-state index in [-0.39, 0.29) is 6.10 Å². The van der Waals surface area contributed by atoms with E-state index in [0.29, 0.717) is 17.7 Å². The molecule has 0 saturated heterocycles. The van der Waals surface area contributed by atoms with Crippen LogP contribution in [0.1, 0.15) is 37.1 Å². The fourth-order valence-electron chi connectivity index (χ4n) is 2.32. The molecule has 100 valence electrons. The summed E-state index contributed by atoms with van der Waals surface area (Å²) in [6.45, 7) is 3.78. The topological polar surface area (TPSA) is 96.1 Å². The van der Waals surface area contributed by atoms with Gasteiger partial charge in [0.25, 0.3) is 0 Å². The van der Waals surface area contributed by atoms with Crippen LogP contribution in [0, 0.1) is 13.8 Å². The van der Waals surface area contributed by atoms with E-state index in [2.05, 4.69) is 20.7 Å². The van der Waals surface area contributed by atoms with Crippen LogP contribution < -0.4 is 16.6 Å². The Morgan fingerprint density at radius 1 is 1.11 bits per heavy atom. The molecule has 0 unspecified atom stereocenters. The first-order chi connectivity index (χ1) is 8.60. The normalized spacial score (nSPS) is 23.8. The first kappa shape index (κ1) is 13.0. The van der Waals surface area contributed by atoms with Gasteiger partial charge in [-0.1, -0.05) is 0 Å². The van der Waals surface area contributed by atoms with Gasteiger partial charge in [0.2, 0.25) is 0 Å². The zero-order valence-electron chi connectivity index (χ0n) is 10.9. The lowest BCUT2D eigenvalue weighted by Crippen LogP contribution is -2.29. The summed E-state index contributed by atoms with van der Waals surface area (Å²) in [6, 6.07) is 0.368. The number of aliphatic hydroxyl groups is 1. The summed E-state index contributed by atoms with van der Waals surface area (Å²) in [6.07, 6.45) is 3.49. The van der Waals surface area contributed by atoms with Crippen LogP contribution in [-0.2, 0) is 0 Å². The predicted molar refractivity (Wildman–Crippen MR) is 71.2 cm³/mol. The second-order valence-corrected chi connectivity index (χ2v) is 4.89. The van der Waals surface area contributed by atoms with E-state index in [1.165, 1.54) is 0 Å². The number of aliphatic hydroxyl groups excluding tert-OH is 1. The van der Waals surface area contributed by atoms with E-state index in [0.717, 1.165) is 37.1 Å². The lowest BCUT2D eigenvalue weighted by Gasteiger charge is -2.27. The van der Waals surface area contributed by atoms with E-state index in [9.17, 15) is 5.11 Å². The van der Waals surface area contributed by atoms with E-state index >= 15 is 0 Å². The van der Waals surface area contributed by atoms with Crippen molar-refractivity contribution in [1.29, 1.82) is 0 Å². The second-order valence-electron chi connectivity index (χ2n) is 4.89. The summed E-state index contributed by atoms with van der Waals surface area (Å²) < 4.78 is 0. The lowest BCUT2D eigenvalue weighted by atomic mass is 9.93. The van der Waals surface area contributed by atoms with E-state index in [1.807, 2.05) is 13.8 Å². The monoisotopic (exact) mass is 251 g/mol. The number of nitrogens with zero attached hydrogens (tertiary/aromatic N) is 2. The number of rotatable bonds is 3. The van der Waals surface area contributed by atoms with Gasteiger partial charge in [-0.15, -0.1) is 0 Å². The molecular weight excluding hydrogens is 230 g/mol. The molecule has 5 N–H and O–H groups in total. The van der Waals surface area contributed by atoms with Crippen molar-refractivity contribution in [1.82, 2.24) is 9.97 Å². The molecule has 1 fully saturated rings. The van der Waals surface area contributed by atoms with Crippen molar-refractivity contribution in [3.63, 3.8) is 0 Å². The molecule has 1 aliphatic rings. The minimum absolute atomic E-state index is 0.141. The van der Waals surface area contributed by atoms with Gasteiger partial charge in [-0.25, -0.2) is 15.8 Å². The van der Waals surface area contributed by atoms with E-state index in [4.69, 9.17) is 5.84 Å². The fourth-order valence-corrected chi connectivity index (χ4v) is 2.32. The molecule has 0 aliphatic heterocycles. The van der Waals surface area contributed by atoms with E-state index in [1.54, 1.807) is 0 Å². The van der Waals surface area contributed by atoms with Gasteiger partial charge in [-0.05, 0) is 39.5 Å². The first-order valence-corrected chi connectivity index (χ1v) is 6.36. The Bertz CT molecular complexity index is 415. The minimum Gasteiger partial charge on any atom is -0.393 e. The second kappa shape index (κ2) is 5.49. The maximum absolute atomic E-state index is 9.49. The smallest absolute Gasteiger partial charge is 0.148 e. The summed E-state index contributed by atoms with van der Waals surface area (Å²) in [7, 11) is 0. The molecule has 1 saturated carbocycles. The van der Waals surface area contributed by atoms with Crippen LogP contribution in [0.5, 0.6) is 0 Å². The first-order valence-electron chi connectivity index (χ1n) is 6.36. The molecule has 0 radical (unpaired) electrons. The number of hydrogen-bond donors (Lipinski definition) is 4. The van der Waals surface area contributed by atoms with Gasteiger partial charge >= 0.3 is 0 Å². The molecule has 6 heteroatoms. The largest absolute Gasteiger partial charge is 0.393 e. The number of nitrogens with two attached hydrogens (primary N) is 1. The maximum atomic E-state index is 9.49. The number of aryl methyl sites for hydroxylation is 1. The van der Waals surface area contributed by atoms with Crippen LogP contribution in [0.25, 0.3) is 0 Å². The number of hydrogen-bond acceptors (Lipinski definition) is 6. The average Bonchev–Trinajstić information content (AvgIpc) is 2.36. The van der Waals surface area contributed by atoms with Gasteiger partial charge in [0.05, 0.1) is 6.10 Å². The Morgan fingerprint density at radius 2 is 1.72 bits per heavy atom. The zero-order valence-corrected chi connectivity index (χ0v) is 10.9. The molecule has 1 aromatic heterocycles. The number of nitrogens with one attached hydrogen (secondary N) is 2. The number of nitrogen functional groups attached to an aromatic ring is 1. The molecular formula is C12H21N5O. The van der Waals surface area contributed by atoms with Crippen molar-refractivity contribution in [3.8, 4) is 0 Å². The van der Waals surface area contributed by atoms with Crippen molar-refractivity contribution < 1.29 is 5.11 Å². The Balaban J connectivity index is 2.11. The third-order valence-electron chi connectivity index (χ3n) is 3.43. The molecule has 2 rings (SSSR count). The summed E-state index contributed by atoms with van der Waals surface area (Å²) in [5.41, 5.74) is 3.51. The van der Waals surface area contributed by atoms with Crippen LogP contribution in [0.3, 0.4) is 0 Å². The molecule has 0 spiro atoms. The summed E-state index contributed by atoms with van der Waals surface area (Å²) in [5.74, 6) is 7.61. The van der Waals surface area contributed by atoms with Crippen molar-refractivity contribution in [2.45, 2.75) is 51.7 Å². The Labute approximate surface area is 107 Å². The molecule has 1 heterocycles. The highest BCUT2D eigenvalue weighted by molar-refractivity contribution is 5.57. The molecule has 0 atom stereocenters. The van der Waals surface area contributed by atoms with Crippen LogP contribution in [0.2, 0.25) is 0 Å². The average molecular weight is 251 g/mol.